The zero-order valence-electron chi connectivity index (χ0n) is 14.5. The molecule has 0 bridgehead atoms. The van der Waals surface area contributed by atoms with E-state index in [2.05, 4.69) is 42.3 Å². The summed E-state index contributed by atoms with van der Waals surface area (Å²) in [4.78, 5) is 2.35. The molecule has 0 aliphatic heterocycles. The summed E-state index contributed by atoms with van der Waals surface area (Å²) in [5.41, 5.74) is 5.77. The van der Waals surface area contributed by atoms with Gasteiger partial charge in [0.15, 0.2) is 0 Å². The number of halogens is 1. The third kappa shape index (κ3) is 4.96. The normalized spacial score (nSPS) is 14.8. The van der Waals surface area contributed by atoms with Crippen molar-refractivity contribution in [2.45, 2.75) is 38.6 Å². The lowest BCUT2D eigenvalue weighted by Gasteiger charge is -2.16. The summed E-state index contributed by atoms with van der Waals surface area (Å²) in [5, 5.41) is 0.785. The predicted molar refractivity (Wildman–Crippen MR) is 105 cm³/mol. The van der Waals surface area contributed by atoms with Crippen LogP contribution in [0.1, 0.15) is 41.5 Å². The standard InChI is InChI=1S/C22H26ClN/c1-24(15-5-6-18-10-13-22(23)14-11-18)17-19-9-12-20-7-3-2-4-8-21(20)16-19/h5-6,9-14,16H,2-4,7-8,15,17H2,1H3. The van der Waals surface area contributed by atoms with Crippen LogP contribution in [0.25, 0.3) is 6.08 Å². The molecule has 0 atom stereocenters. The lowest BCUT2D eigenvalue weighted by atomic mass is 10.00. The minimum Gasteiger partial charge on any atom is -0.298 e. The molecule has 2 aromatic rings. The van der Waals surface area contributed by atoms with Crippen molar-refractivity contribution >= 4 is 17.7 Å². The van der Waals surface area contributed by atoms with Gasteiger partial charge in [-0.2, -0.15) is 0 Å². The number of hydrogen-bond donors (Lipinski definition) is 0. The van der Waals surface area contributed by atoms with Crippen molar-refractivity contribution in [3.8, 4) is 0 Å². The Bertz CT molecular complexity index is 688. The molecule has 0 aromatic heterocycles. The Kier molecular flexibility index (Phi) is 6.12. The number of nitrogens with zero attached hydrogens (tertiary/aromatic N) is 1. The van der Waals surface area contributed by atoms with E-state index in [1.165, 1.54) is 43.2 Å². The van der Waals surface area contributed by atoms with Gasteiger partial charge in [-0.25, -0.2) is 0 Å². The van der Waals surface area contributed by atoms with Crippen molar-refractivity contribution in [1.82, 2.24) is 4.90 Å². The average Bonchev–Trinajstić information content (AvgIpc) is 2.81. The first-order valence-electron chi connectivity index (χ1n) is 8.92. The third-order valence-electron chi connectivity index (χ3n) is 4.71. The highest BCUT2D eigenvalue weighted by molar-refractivity contribution is 6.30. The average molecular weight is 340 g/mol. The van der Waals surface area contributed by atoms with Crippen LogP contribution >= 0.6 is 11.6 Å². The van der Waals surface area contributed by atoms with Crippen LogP contribution in [-0.4, -0.2) is 18.5 Å². The number of aryl methyl sites for hydroxylation is 2. The Hall–Kier alpha value is -1.57. The Morgan fingerprint density at radius 2 is 1.71 bits per heavy atom. The lowest BCUT2D eigenvalue weighted by molar-refractivity contribution is 0.364. The van der Waals surface area contributed by atoms with E-state index in [0.717, 1.165) is 18.1 Å². The molecule has 1 aliphatic carbocycles. The van der Waals surface area contributed by atoms with Crippen LogP contribution in [0, 0.1) is 0 Å². The van der Waals surface area contributed by atoms with E-state index in [1.807, 2.05) is 24.3 Å². The van der Waals surface area contributed by atoms with Gasteiger partial charge in [-0.3, -0.25) is 4.90 Å². The highest BCUT2D eigenvalue weighted by atomic mass is 35.5. The minimum absolute atomic E-state index is 0.785. The minimum atomic E-state index is 0.785. The van der Waals surface area contributed by atoms with Gasteiger partial charge in [0.05, 0.1) is 0 Å². The first kappa shape index (κ1) is 17.3. The van der Waals surface area contributed by atoms with E-state index in [4.69, 9.17) is 11.6 Å². The van der Waals surface area contributed by atoms with Crippen LogP contribution in [0.5, 0.6) is 0 Å². The fourth-order valence-electron chi connectivity index (χ4n) is 3.38. The van der Waals surface area contributed by atoms with Crippen LogP contribution in [-0.2, 0) is 19.4 Å². The molecular weight excluding hydrogens is 314 g/mol. The van der Waals surface area contributed by atoms with Crippen LogP contribution in [0.15, 0.2) is 48.5 Å². The van der Waals surface area contributed by atoms with Gasteiger partial charge in [-0.15, -0.1) is 0 Å². The number of benzene rings is 2. The summed E-state index contributed by atoms with van der Waals surface area (Å²) in [5.74, 6) is 0. The van der Waals surface area contributed by atoms with E-state index in [-0.39, 0.29) is 0 Å². The molecule has 0 fully saturated rings. The Balaban J connectivity index is 1.55. The zero-order valence-corrected chi connectivity index (χ0v) is 15.2. The molecule has 3 rings (SSSR count). The van der Waals surface area contributed by atoms with E-state index >= 15 is 0 Å². The van der Waals surface area contributed by atoms with Crippen molar-refractivity contribution < 1.29 is 0 Å². The fourth-order valence-corrected chi connectivity index (χ4v) is 3.51. The van der Waals surface area contributed by atoms with Crippen LogP contribution in [0.3, 0.4) is 0 Å². The second-order valence-corrected chi connectivity index (χ2v) is 7.25. The maximum Gasteiger partial charge on any atom is 0.0406 e. The topological polar surface area (TPSA) is 3.24 Å². The molecule has 126 valence electrons. The molecule has 2 heteroatoms. The molecule has 1 aliphatic rings. The highest BCUT2D eigenvalue weighted by Gasteiger charge is 2.09. The van der Waals surface area contributed by atoms with Gasteiger partial charge in [0, 0.05) is 18.1 Å². The maximum absolute atomic E-state index is 5.91. The number of fused-ring (bicyclic) bond motifs is 1. The summed E-state index contributed by atoms with van der Waals surface area (Å²) >= 11 is 5.91. The van der Waals surface area contributed by atoms with Gasteiger partial charge in [-0.1, -0.05) is 60.5 Å². The van der Waals surface area contributed by atoms with Crippen molar-refractivity contribution in [2.24, 2.45) is 0 Å². The smallest absolute Gasteiger partial charge is 0.0406 e. The summed E-state index contributed by atoms with van der Waals surface area (Å²) in [6, 6.07) is 15.1. The molecule has 0 spiro atoms. The molecular formula is C22H26ClN. The van der Waals surface area contributed by atoms with Crippen LogP contribution < -0.4 is 0 Å². The molecule has 1 nitrogen and oxygen atoms in total. The van der Waals surface area contributed by atoms with E-state index in [1.54, 1.807) is 11.1 Å². The van der Waals surface area contributed by atoms with Crippen LogP contribution in [0.2, 0.25) is 5.02 Å². The van der Waals surface area contributed by atoms with E-state index in [0.29, 0.717) is 0 Å². The van der Waals surface area contributed by atoms with Gasteiger partial charge in [0.2, 0.25) is 0 Å². The Morgan fingerprint density at radius 1 is 0.958 bits per heavy atom. The zero-order chi connectivity index (χ0) is 16.8. The molecule has 0 heterocycles. The Morgan fingerprint density at radius 3 is 2.50 bits per heavy atom. The molecule has 0 saturated heterocycles. The largest absolute Gasteiger partial charge is 0.298 e. The van der Waals surface area contributed by atoms with Crippen molar-refractivity contribution in [3.63, 3.8) is 0 Å². The molecule has 0 amide bonds. The number of hydrogen-bond acceptors (Lipinski definition) is 1. The Labute approximate surface area is 151 Å². The second-order valence-electron chi connectivity index (χ2n) is 6.81. The SMILES string of the molecule is CN(CC=Cc1ccc(Cl)cc1)Cc1ccc2c(c1)CCCCC2. The first-order chi connectivity index (χ1) is 11.7. The van der Waals surface area contributed by atoms with Crippen molar-refractivity contribution in [3.05, 3.63) is 75.8 Å². The van der Waals surface area contributed by atoms with E-state index < -0.39 is 0 Å². The molecule has 24 heavy (non-hydrogen) atoms. The molecule has 2 aromatic carbocycles. The molecule has 0 radical (unpaired) electrons. The van der Waals surface area contributed by atoms with Gasteiger partial charge in [-0.05, 0) is 67.1 Å². The first-order valence-corrected chi connectivity index (χ1v) is 9.30. The van der Waals surface area contributed by atoms with Gasteiger partial charge < -0.3 is 0 Å². The lowest BCUT2D eigenvalue weighted by Crippen LogP contribution is -2.17. The number of likely N-dealkylation sites (N-methyl/N-ethyl adjacent to an activating group) is 1. The monoisotopic (exact) mass is 339 g/mol. The summed E-state index contributed by atoms with van der Waals surface area (Å²) in [7, 11) is 2.18. The molecule has 0 unspecified atom stereocenters. The van der Waals surface area contributed by atoms with E-state index in [9.17, 15) is 0 Å². The van der Waals surface area contributed by atoms with Crippen LogP contribution in [0.4, 0.5) is 0 Å². The number of rotatable bonds is 5. The second kappa shape index (κ2) is 8.50. The fraction of sp³-hybridized carbons (Fsp3) is 0.364. The maximum atomic E-state index is 5.91. The summed E-state index contributed by atoms with van der Waals surface area (Å²) in [6.07, 6.45) is 11.0. The van der Waals surface area contributed by atoms with Gasteiger partial charge in [0.25, 0.3) is 0 Å². The predicted octanol–water partition coefficient (Wildman–Crippen LogP) is 5.75. The molecule has 0 saturated carbocycles. The summed E-state index contributed by atoms with van der Waals surface area (Å²) in [6.45, 7) is 1.94. The quantitative estimate of drug-likeness (QED) is 0.626. The van der Waals surface area contributed by atoms with Gasteiger partial charge in [0.1, 0.15) is 0 Å². The highest BCUT2D eigenvalue weighted by Crippen LogP contribution is 2.22. The summed E-state index contributed by atoms with van der Waals surface area (Å²) < 4.78 is 0. The third-order valence-corrected chi connectivity index (χ3v) is 4.96. The van der Waals surface area contributed by atoms with Crippen molar-refractivity contribution in [2.75, 3.05) is 13.6 Å². The van der Waals surface area contributed by atoms with Crippen molar-refractivity contribution in [1.29, 1.82) is 0 Å². The molecule has 0 N–H and O–H groups in total. The van der Waals surface area contributed by atoms with Gasteiger partial charge >= 0.3 is 0 Å².